The van der Waals surface area contributed by atoms with Crippen LogP contribution in [0.2, 0.25) is 0 Å². The molecule has 0 saturated heterocycles. The van der Waals surface area contributed by atoms with Crippen molar-refractivity contribution in [3.63, 3.8) is 0 Å². The lowest BCUT2D eigenvalue weighted by Gasteiger charge is -2.23. The van der Waals surface area contributed by atoms with E-state index in [1.165, 1.54) is 39.5 Å². The standard InChI is InChI=1S/C27H30N4O9S/c1-38-23-12-10-19(31(34)35)16-22(23)30(41(4,36)37)17-26(32)29-21-8-6-5-7-20(21)27(33)28-14-13-18-9-11-24(39-2)25(15-18)40-3/h5-12,15-16H,13-14,17H2,1-4H3,(H,28,33)(H,29,32). The van der Waals surface area contributed by atoms with Crippen molar-refractivity contribution < 1.29 is 37.1 Å². The fourth-order valence-electron chi connectivity index (χ4n) is 3.93. The molecule has 0 fully saturated rings. The molecule has 3 aromatic carbocycles. The predicted molar refractivity (Wildman–Crippen MR) is 152 cm³/mol. The van der Waals surface area contributed by atoms with Crippen molar-refractivity contribution in [2.24, 2.45) is 0 Å². The van der Waals surface area contributed by atoms with Gasteiger partial charge < -0.3 is 24.8 Å². The number of carbonyl (C=O) groups is 2. The summed E-state index contributed by atoms with van der Waals surface area (Å²) in [5, 5.41) is 16.6. The lowest BCUT2D eigenvalue weighted by molar-refractivity contribution is -0.384. The fourth-order valence-corrected chi connectivity index (χ4v) is 4.78. The number of carbonyl (C=O) groups excluding carboxylic acids is 2. The van der Waals surface area contributed by atoms with E-state index in [9.17, 15) is 28.1 Å². The minimum Gasteiger partial charge on any atom is -0.495 e. The second kappa shape index (κ2) is 13.5. The minimum absolute atomic E-state index is 0.0167. The minimum atomic E-state index is -4.08. The van der Waals surface area contributed by atoms with Crippen molar-refractivity contribution >= 4 is 38.9 Å². The van der Waals surface area contributed by atoms with Gasteiger partial charge in [-0.15, -0.1) is 0 Å². The number of nitro groups is 1. The third-order valence-electron chi connectivity index (χ3n) is 5.92. The third kappa shape index (κ3) is 7.85. The maximum Gasteiger partial charge on any atom is 0.271 e. The summed E-state index contributed by atoms with van der Waals surface area (Å²) in [6.45, 7) is -0.448. The molecule has 14 heteroatoms. The molecule has 0 aliphatic rings. The van der Waals surface area contributed by atoms with Gasteiger partial charge in [0.2, 0.25) is 15.9 Å². The quantitative estimate of drug-likeness (QED) is 0.226. The number of non-ortho nitro benzene ring substituents is 1. The van der Waals surface area contributed by atoms with Gasteiger partial charge in [-0.1, -0.05) is 18.2 Å². The van der Waals surface area contributed by atoms with Crippen LogP contribution < -0.4 is 29.1 Å². The number of anilines is 2. The first-order chi connectivity index (χ1) is 19.5. The Morgan fingerprint density at radius 1 is 0.927 bits per heavy atom. The number of ether oxygens (including phenoxy) is 3. The molecule has 0 heterocycles. The summed E-state index contributed by atoms with van der Waals surface area (Å²) in [6, 6.07) is 15.1. The Kier molecular flexibility index (Phi) is 10.1. The van der Waals surface area contributed by atoms with Gasteiger partial charge >= 0.3 is 0 Å². The normalized spacial score (nSPS) is 10.8. The Hall–Kier alpha value is -4.85. The highest BCUT2D eigenvalue weighted by Crippen LogP contribution is 2.34. The first-order valence-corrected chi connectivity index (χ1v) is 14.0. The van der Waals surface area contributed by atoms with Gasteiger partial charge in [0.05, 0.1) is 43.8 Å². The summed E-state index contributed by atoms with van der Waals surface area (Å²) in [5.41, 5.74) is 0.653. The van der Waals surface area contributed by atoms with Crippen LogP contribution >= 0.6 is 0 Å². The van der Waals surface area contributed by atoms with Crippen LogP contribution in [0.3, 0.4) is 0 Å². The van der Waals surface area contributed by atoms with Crippen molar-refractivity contribution in [3.05, 3.63) is 81.9 Å². The number of amides is 2. The molecule has 0 spiro atoms. The number of methoxy groups -OCH3 is 3. The van der Waals surface area contributed by atoms with Gasteiger partial charge in [0.25, 0.3) is 11.6 Å². The Bertz CT molecular complexity index is 1540. The highest BCUT2D eigenvalue weighted by atomic mass is 32.2. The average Bonchev–Trinajstić information content (AvgIpc) is 2.95. The van der Waals surface area contributed by atoms with Gasteiger partial charge in [-0.05, 0) is 42.3 Å². The highest BCUT2D eigenvalue weighted by Gasteiger charge is 2.27. The van der Waals surface area contributed by atoms with Crippen LogP contribution in [0.1, 0.15) is 15.9 Å². The van der Waals surface area contributed by atoms with Crippen molar-refractivity contribution in [2.75, 3.05) is 50.3 Å². The molecule has 2 N–H and O–H groups in total. The molecule has 0 saturated carbocycles. The lowest BCUT2D eigenvalue weighted by atomic mass is 10.1. The zero-order valence-electron chi connectivity index (χ0n) is 22.9. The number of nitro benzene ring substituents is 1. The maximum absolute atomic E-state index is 13.0. The van der Waals surface area contributed by atoms with Gasteiger partial charge in [0.15, 0.2) is 11.5 Å². The van der Waals surface area contributed by atoms with Crippen LogP contribution in [0.25, 0.3) is 0 Å². The summed E-state index contributed by atoms with van der Waals surface area (Å²) < 4.78 is 41.6. The number of nitrogens with zero attached hydrogens (tertiary/aromatic N) is 2. The topological polar surface area (TPSA) is 166 Å². The van der Waals surface area contributed by atoms with Crippen molar-refractivity contribution in [2.45, 2.75) is 6.42 Å². The van der Waals surface area contributed by atoms with E-state index in [0.717, 1.165) is 24.0 Å². The van der Waals surface area contributed by atoms with E-state index in [-0.39, 0.29) is 34.9 Å². The molecule has 0 bridgehead atoms. The molecule has 0 aliphatic carbocycles. The van der Waals surface area contributed by atoms with E-state index < -0.39 is 33.3 Å². The molecule has 2 amide bonds. The zero-order valence-corrected chi connectivity index (χ0v) is 23.7. The van der Waals surface area contributed by atoms with Crippen molar-refractivity contribution in [3.8, 4) is 17.2 Å². The molecule has 3 rings (SSSR count). The molecule has 0 radical (unpaired) electrons. The molecular formula is C27H30N4O9S. The number of rotatable bonds is 13. The number of hydrogen-bond acceptors (Lipinski definition) is 9. The molecule has 0 aromatic heterocycles. The zero-order chi connectivity index (χ0) is 30.2. The number of nitrogens with one attached hydrogen (secondary N) is 2. The number of sulfonamides is 1. The molecule has 13 nitrogen and oxygen atoms in total. The molecule has 218 valence electrons. The summed E-state index contributed by atoms with van der Waals surface area (Å²) in [7, 11) is 0.259. The smallest absolute Gasteiger partial charge is 0.271 e. The maximum atomic E-state index is 13.0. The Morgan fingerprint density at radius 2 is 1.59 bits per heavy atom. The van der Waals surface area contributed by atoms with Crippen LogP contribution in [0, 0.1) is 10.1 Å². The van der Waals surface area contributed by atoms with Gasteiger partial charge in [-0.2, -0.15) is 0 Å². The van der Waals surface area contributed by atoms with E-state index in [0.29, 0.717) is 22.2 Å². The van der Waals surface area contributed by atoms with Gasteiger partial charge in [-0.3, -0.25) is 24.0 Å². The summed E-state index contributed by atoms with van der Waals surface area (Å²) in [4.78, 5) is 36.5. The van der Waals surface area contributed by atoms with Gasteiger partial charge in [-0.25, -0.2) is 8.42 Å². The first-order valence-electron chi connectivity index (χ1n) is 12.2. The van der Waals surface area contributed by atoms with E-state index in [1.54, 1.807) is 18.2 Å². The van der Waals surface area contributed by atoms with Gasteiger partial charge in [0, 0.05) is 18.7 Å². The van der Waals surface area contributed by atoms with E-state index >= 15 is 0 Å². The molecule has 0 aliphatic heterocycles. The second-order valence-corrected chi connectivity index (χ2v) is 10.6. The van der Waals surface area contributed by atoms with Crippen LogP contribution in [-0.2, 0) is 21.2 Å². The summed E-state index contributed by atoms with van der Waals surface area (Å²) in [6.07, 6.45) is 1.35. The Balaban J connectivity index is 1.74. The molecular weight excluding hydrogens is 556 g/mol. The Labute approximate surface area is 237 Å². The van der Waals surface area contributed by atoms with E-state index in [2.05, 4.69) is 10.6 Å². The third-order valence-corrected chi connectivity index (χ3v) is 7.05. The van der Waals surface area contributed by atoms with Crippen LogP contribution in [0.15, 0.2) is 60.7 Å². The second-order valence-electron chi connectivity index (χ2n) is 8.67. The Morgan fingerprint density at radius 3 is 2.22 bits per heavy atom. The lowest BCUT2D eigenvalue weighted by Crippen LogP contribution is -2.38. The van der Waals surface area contributed by atoms with Crippen LogP contribution in [0.4, 0.5) is 17.1 Å². The largest absolute Gasteiger partial charge is 0.495 e. The average molecular weight is 587 g/mol. The highest BCUT2D eigenvalue weighted by molar-refractivity contribution is 7.92. The summed E-state index contributed by atoms with van der Waals surface area (Å²) >= 11 is 0. The number of para-hydroxylation sites is 1. The molecule has 0 unspecified atom stereocenters. The predicted octanol–water partition coefficient (Wildman–Crippen LogP) is 3.00. The van der Waals surface area contributed by atoms with Crippen LogP contribution in [0.5, 0.6) is 17.2 Å². The monoisotopic (exact) mass is 586 g/mol. The first kappa shape index (κ1) is 30.7. The van der Waals surface area contributed by atoms with Crippen molar-refractivity contribution in [1.82, 2.24) is 5.32 Å². The molecule has 41 heavy (non-hydrogen) atoms. The number of benzene rings is 3. The SMILES string of the molecule is COc1ccc(CCNC(=O)c2ccccc2NC(=O)CN(c2cc([N+](=O)[O-])ccc2OC)S(C)(=O)=O)cc1OC. The molecule has 0 atom stereocenters. The number of hydrogen-bond donors (Lipinski definition) is 2. The van der Waals surface area contributed by atoms with Crippen molar-refractivity contribution in [1.29, 1.82) is 0 Å². The summed E-state index contributed by atoms with van der Waals surface area (Å²) in [5.74, 6) is -0.0714. The van der Waals surface area contributed by atoms with E-state index in [1.807, 2.05) is 12.1 Å². The van der Waals surface area contributed by atoms with E-state index in [4.69, 9.17) is 14.2 Å². The van der Waals surface area contributed by atoms with Crippen LogP contribution in [-0.4, -0.2) is 65.8 Å². The fraction of sp³-hybridized carbons (Fsp3) is 0.259. The molecule has 3 aromatic rings. The van der Waals surface area contributed by atoms with Gasteiger partial charge in [0.1, 0.15) is 18.0 Å².